The predicted octanol–water partition coefficient (Wildman–Crippen LogP) is 3.51. The molecule has 1 unspecified atom stereocenters. The van der Waals surface area contributed by atoms with Crippen LogP contribution in [0.3, 0.4) is 0 Å². The van der Waals surface area contributed by atoms with Crippen LogP contribution in [0.1, 0.15) is 31.7 Å². The number of benzene rings is 1. The lowest BCUT2D eigenvalue weighted by Gasteiger charge is -2.21. The molecule has 2 N–H and O–H groups in total. The number of rotatable bonds is 6. The number of anilines is 1. The fourth-order valence-corrected chi connectivity index (χ4v) is 3.29. The van der Waals surface area contributed by atoms with Gasteiger partial charge >= 0.3 is 11.9 Å². The van der Waals surface area contributed by atoms with Crippen molar-refractivity contribution in [3.05, 3.63) is 41.2 Å². The maximum atomic E-state index is 14.0. The second kappa shape index (κ2) is 8.01. The summed E-state index contributed by atoms with van der Waals surface area (Å²) in [5, 5.41) is 8.97. The summed E-state index contributed by atoms with van der Waals surface area (Å²) in [5.74, 6) is -1.83. The van der Waals surface area contributed by atoms with E-state index in [-0.39, 0.29) is 17.5 Å². The number of nitrogens with one attached hydrogen (secondary N) is 1. The Bertz CT molecular complexity index is 633. The molecule has 0 radical (unpaired) electrons. The molecule has 124 valence electrons. The largest absolute Gasteiger partial charge is 0.478 e. The Morgan fingerprint density at radius 2 is 2.26 bits per heavy atom. The predicted molar refractivity (Wildman–Crippen MR) is 86.4 cm³/mol. The maximum absolute atomic E-state index is 14.0. The summed E-state index contributed by atoms with van der Waals surface area (Å²) in [6, 6.07) is 4.50. The molecule has 0 aromatic heterocycles. The van der Waals surface area contributed by atoms with Gasteiger partial charge in [0.2, 0.25) is 0 Å². The van der Waals surface area contributed by atoms with Crippen molar-refractivity contribution in [2.75, 3.05) is 4.72 Å². The van der Waals surface area contributed by atoms with Gasteiger partial charge in [0, 0.05) is 12.5 Å². The Hall–Kier alpha value is -2.02. The van der Waals surface area contributed by atoms with Crippen LogP contribution in [-0.4, -0.2) is 22.3 Å². The molecule has 1 atom stereocenters. The Morgan fingerprint density at radius 1 is 1.48 bits per heavy atom. The highest BCUT2D eigenvalue weighted by molar-refractivity contribution is 8.01. The van der Waals surface area contributed by atoms with Crippen molar-refractivity contribution in [2.24, 2.45) is 0 Å². The normalized spacial score (nSPS) is 17.3. The lowest BCUT2D eigenvalue weighted by atomic mass is 9.99. The van der Waals surface area contributed by atoms with Crippen molar-refractivity contribution in [3.8, 4) is 0 Å². The van der Waals surface area contributed by atoms with Crippen molar-refractivity contribution < 1.29 is 23.8 Å². The zero-order valence-corrected chi connectivity index (χ0v) is 13.5. The SMILES string of the molecule is CC(=O)OCc1ccc(NSC2CCCC=C2C(=O)O)c(F)c1. The molecule has 1 aromatic rings. The number of ether oxygens (including phenoxy) is 1. The number of carbonyl (C=O) groups is 2. The molecule has 0 heterocycles. The molecule has 0 bridgehead atoms. The van der Waals surface area contributed by atoms with Crippen LogP contribution in [0.4, 0.5) is 10.1 Å². The van der Waals surface area contributed by atoms with Gasteiger partial charge < -0.3 is 14.6 Å². The van der Waals surface area contributed by atoms with Crippen LogP contribution in [0, 0.1) is 5.82 Å². The molecular formula is C16H18FNO4S. The number of hydrogen-bond acceptors (Lipinski definition) is 5. The number of esters is 1. The van der Waals surface area contributed by atoms with Gasteiger partial charge in [0.15, 0.2) is 0 Å². The van der Waals surface area contributed by atoms with Gasteiger partial charge in [-0.25, -0.2) is 9.18 Å². The van der Waals surface area contributed by atoms with E-state index in [4.69, 9.17) is 4.74 Å². The molecular weight excluding hydrogens is 321 g/mol. The summed E-state index contributed by atoms with van der Waals surface area (Å²) < 4.78 is 21.7. The molecule has 0 aliphatic heterocycles. The standard InChI is InChI=1S/C16H18FNO4S/c1-10(19)22-9-11-6-7-14(13(17)8-11)18-23-15-5-3-2-4-12(15)16(20)21/h4,6-8,15,18H,2-3,5,9H2,1H3,(H,20,21). The molecule has 0 saturated carbocycles. The van der Waals surface area contributed by atoms with E-state index in [0.717, 1.165) is 19.3 Å². The topological polar surface area (TPSA) is 75.6 Å². The molecule has 2 rings (SSSR count). The fraction of sp³-hybridized carbons (Fsp3) is 0.375. The molecule has 0 spiro atoms. The zero-order valence-electron chi connectivity index (χ0n) is 12.7. The lowest BCUT2D eigenvalue weighted by molar-refractivity contribution is -0.142. The van der Waals surface area contributed by atoms with E-state index in [1.165, 1.54) is 24.9 Å². The molecule has 5 nitrogen and oxygen atoms in total. The number of halogens is 1. The Kier molecular flexibility index (Phi) is 6.04. The number of carbonyl (C=O) groups excluding carboxylic acids is 1. The second-order valence-corrected chi connectivity index (χ2v) is 6.21. The monoisotopic (exact) mass is 339 g/mol. The van der Waals surface area contributed by atoms with Crippen LogP contribution in [0.2, 0.25) is 0 Å². The molecule has 0 amide bonds. The second-order valence-electron chi connectivity index (χ2n) is 5.20. The number of carboxylic acids is 1. The van der Waals surface area contributed by atoms with Crippen LogP contribution < -0.4 is 4.72 Å². The van der Waals surface area contributed by atoms with E-state index in [1.54, 1.807) is 18.2 Å². The average Bonchev–Trinajstić information content (AvgIpc) is 2.52. The van der Waals surface area contributed by atoms with Gasteiger partial charge in [0.25, 0.3) is 0 Å². The number of carboxylic acid groups (broad SMARTS) is 1. The number of hydrogen-bond donors (Lipinski definition) is 2. The molecule has 1 aliphatic carbocycles. The maximum Gasteiger partial charge on any atom is 0.332 e. The highest BCUT2D eigenvalue weighted by atomic mass is 32.2. The summed E-state index contributed by atoms with van der Waals surface area (Å²) in [4.78, 5) is 21.9. The Balaban J connectivity index is 1.97. The van der Waals surface area contributed by atoms with Gasteiger partial charge in [0.1, 0.15) is 12.4 Å². The summed E-state index contributed by atoms with van der Waals surface area (Å²) in [7, 11) is 0. The van der Waals surface area contributed by atoms with Gasteiger partial charge in [0.05, 0.1) is 10.9 Å². The van der Waals surface area contributed by atoms with Gasteiger partial charge in [-0.3, -0.25) is 4.79 Å². The van der Waals surface area contributed by atoms with Crippen LogP contribution in [0.25, 0.3) is 0 Å². The first-order valence-electron chi connectivity index (χ1n) is 7.24. The van der Waals surface area contributed by atoms with E-state index in [9.17, 15) is 19.1 Å². The van der Waals surface area contributed by atoms with E-state index in [1.807, 2.05) is 0 Å². The molecule has 1 aliphatic rings. The minimum atomic E-state index is -0.929. The third-order valence-corrected chi connectivity index (χ3v) is 4.53. The first kappa shape index (κ1) is 17.3. The fourth-order valence-electron chi connectivity index (χ4n) is 2.25. The molecule has 7 heteroatoms. The summed E-state index contributed by atoms with van der Waals surface area (Å²) >= 11 is 1.20. The minimum absolute atomic E-state index is 0.0220. The smallest absolute Gasteiger partial charge is 0.332 e. The van der Waals surface area contributed by atoms with Gasteiger partial charge in [-0.2, -0.15) is 0 Å². The van der Waals surface area contributed by atoms with Gasteiger partial charge in [-0.05, 0) is 48.9 Å². The molecule has 0 saturated heterocycles. The average molecular weight is 339 g/mol. The zero-order chi connectivity index (χ0) is 16.8. The highest BCUT2D eigenvalue weighted by Crippen LogP contribution is 2.31. The van der Waals surface area contributed by atoms with Crippen LogP contribution in [-0.2, 0) is 20.9 Å². The number of aliphatic carboxylic acids is 1. The van der Waals surface area contributed by atoms with Gasteiger partial charge in [-0.1, -0.05) is 12.1 Å². The first-order valence-corrected chi connectivity index (χ1v) is 8.12. The van der Waals surface area contributed by atoms with Crippen molar-refractivity contribution in [3.63, 3.8) is 0 Å². The van der Waals surface area contributed by atoms with E-state index in [0.29, 0.717) is 11.1 Å². The molecule has 23 heavy (non-hydrogen) atoms. The van der Waals surface area contributed by atoms with Crippen molar-refractivity contribution in [1.29, 1.82) is 0 Å². The van der Waals surface area contributed by atoms with Crippen molar-refractivity contribution in [1.82, 2.24) is 0 Å². The molecule has 1 aromatic carbocycles. The number of allylic oxidation sites excluding steroid dienone is 1. The van der Waals surface area contributed by atoms with Crippen LogP contribution in [0.5, 0.6) is 0 Å². The minimum Gasteiger partial charge on any atom is -0.478 e. The highest BCUT2D eigenvalue weighted by Gasteiger charge is 2.24. The summed E-state index contributed by atoms with van der Waals surface area (Å²) in [6.45, 7) is 1.31. The third-order valence-electron chi connectivity index (χ3n) is 3.42. The lowest BCUT2D eigenvalue weighted by Crippen LogP contribution is -2.19. The van der Waals surface area contributed by atoms with E-state index < -0.39 is 17.8 Å². The van der Waals surface area contributed by atoms with Crippen LogP contribution >= 0.6 is 11.9 Å². The van der Waals surface area contributed by atoms with E-state index in [2.05, 4.69) is 4.72 Å². The molecule has 0 fully saturated rings. The first-order chi connectivity index (χ1) is 11.0. The van der Waals surface area contributed by atoms with Crippen molar-refractivity contribution >= 4 is 29.6 Å². The Morgan fingerprint density at radius 3 is 2.91 bits per heavy atom. The van der Waals surface area contributed by atoms with Crippen molar-refractivity contribution in [2.45, 2.75) is 38.0 Å². The quantitative estimate of drug-likeness (QED) is 0.610. The Labute approximate surface area is 138 Å². The van der Waals surface area contributed by atoms with Crippen LogP contribution in [0.15, 0.2) is 29.8 Å². The summed E-state index contributed by atoms with van der Waals surface area (Å²) in [5.41, 5.74) is 1.19. The van der Waals surface area contributed by atoms with E-state index >= 15 is 0 Å². The third kappa shape index (κ3) is 4.99. The van der Waals surface area contributed by atoms with Gasteiger partial charge in [-0.15, -0.1) is 0 Å². The summed E-state index contributed by atoms with van der Waals surface area (Å²) in [6.07, 6.45) is 4.14.